The predicted molar refractivity (Wildman–Crippen MR) is 137 cm³/mol. The molecule has 0 saturated heterocycles. The normalized spacial score (nSPS) is 11.2. The largest absolute Gasteiger partial charge is 0.507 e. The highest BCUT2D eigenvalue weighted by Gasteiger charge is 2.19. The molecule has 36 heavy (non-hydrogen) atoms. The number of rotatable bonds is 6. The van der Waals surface area contributed by atoms with Crippen molar-refractivity contribution in [2.24, 2.45) is 0 Å². The number of hydrogen-bond donors (Lipinski definition) is 3. The number of fused-ring (bicyclic) bond motifs is 2. The lowest BCUT2D eigenvalue weighted by Crippen LogP contribution is -2.18. The van der Waals surface area contributed by atoms with Crippen molar-refractivity contribution in [1.82, 2.24) is 9.55 Å². The van der Waals surface area contributed by atoms with E-state index in [4.69, 9.17) is 9.47 Å². The Bertz CT molecular complexity index is 1670. The minimum atomic E-state index is -0.432. The second-order valence-electron chi connectivity index (χ2n) is 8.26. The average molecular weight is 485 g/mol. The van der Waals surface area contributed by atoms with Crippen LogP contribution in [0, 0.1) is 0 Å². The Labute approximate surface area is 206 Å². The van der Waals surface area contributed by atoms with Gasteiger partial charge in [-0.25, -0.2) is 4.98 Å². The van der Waals surface area contributed by atoms with Crippen LogP contribution in [-0.2, 0) is 13.2 Å². The SMILES string of the molecule is COc1cc2cc(CO)c(CO)c(-c3ccnc(-n4c(=O)cc(O)c5ccccc54)c3)c2cc1OC. The molecule has 5 aromatic rings. The molecule has 3 N–H and O–H groups in total. The summed E-state index contributed by atoms with van der Waals surface area (Å²) >= 11 is 0. The Morgan fingerprint density at radius 2 is 1.64 bits per heavy atom. The first-order valence-corrected chi connectivity index (χ1v) is 11.2. The van der Waals surface area contributed by atoms with Crippen molar-refractivity contribution in [3.8, 4) is 34.2 Å². The lowest BCUT2D eigenvalue weighted by atomic mass is 9.90. The maximum absolute atomic E-state index is 13.0. The fourth-order valence-corrected chi connectivity index (χ4v) is 4.68. The van der Waals surface area contributed by atoms with E-state index in [0.29, 0.717) is 50.5 Å². The zero-order valence-electron chi connectivity index (χ0n) is 19.7. The third-order valence-electron chi connectivity index (χ3n) is 6.34. The second-order valence-corrected chi connectivity index (χ2v) is 8.26. The quantitative estimate of drug-likeness (QED) is 0.335. The number of aromatic nitrogens is 2. The fourth-order valence-electron chi connectivity index (χ4n) is 4.68. The molecule has 0 fully saturated rings. The summed E-state index contributed by atoms with van der Waals surface area (Å²) in [5.74, 6) is 1.30. The number of aromatic hydroxyl groups is 1. The molecular weight excluding hydrogens is 460 g/mol. The first kappa shape index (κ1) is 23.3. The van der Waals surface area contributed by atoms with Gasteiger partial charge in [0.1, 0.15) is 11.6 Å². The van der Waals surface area contributed by atoms with Gasteiger partial charge >= 0.3 is 0 Å². The van der Waals surface area contributed by atoms with E-state index in [-0.39, 0.29) is 19.0 Å². The molecule has 0 spiro atoms. The van der Waals surface area contributed by atoms with E-state index >= 15 is 0 Å². The van der Waals surface area contributed by atoms with Gasteiger partial charge in [-0.1, -0.05) is 12.1 Å². The zero-order chi connectivity index (χ0) is 25.4. The van der Waals surface area contributed by atoms with E-state index in [9.17, 15) is 20.1 Å². The van der Waals surface area contributed by atoms with Crippen LogP contribution in [0.3, 0.4) is 0 Å². The number of ether oxygens (including phenoxy) is 2. The summed E-state index contributed by atoms with van der Waals surface area (Å²) in [7, 11) is 3.10. The Balaban J connectivity index is 1.84. The maximum atomic E-state index is 13.0. The monoisotopic (exact) mass is 484 g/mol. The molecule has 8 nitrogen and oxygen atoms in total. The van der Waals surface area contributed by atoms with Crippen molar-refractivity contribution in [3.05, 3.63) is 88.3 Å². The Morgan fingerprint density at radius 3 is 2.36 bits per heavy atom. The number of nitrogens with zero attached hydrogens (tertiary/aromatic N) is 2. The molecule has 0 aliphatic carbocycles. The molecule has 0 aliphatic rings. The van der Waals surface area contributed by atoms with Crippen LogP contribution in [0.15, 0.2) is 71.7 Å². The summed E-state index contributed by atoms with van der Waals surface area (Å²) in [5.41, 5.74) is 2.56. The smallest absolute Gasteiger partial charge is 0.260 e. The van der Waals surface area contributed by atoms with Crippen LogP contribution in [0.5, 0.6) is 17.2 Å². The highest BCUT2D eigenvalue weighted by molar-refractivity contribution is 6.01. The summed E-state index contributed by atoms with van der Waals surface area (Å²) in [6.45, 7) is -0.581. The molecule has 182 valence electrons. The van der Waals surface area contributed by atoms with Crippen LogP contribution < -0.4 is 15.0 Å². The molecule has 2 heterocycles. The van der Waals surface area contributed by atoms with E-state index in [1.165, 1.54) is 4.57 Å². The van der Waals surface area contributed by atoms with Crippen molar-refractivity contribution in [2.45, 2.75) is 13.2 Å². The van der Waals surface area contributed by atoms with E-state index in [1.807, 2.05) is 18.2 Å². The fraction of sp³-hybridized carbons (Fsp3) is 0.143. The third-order valence-corrected chi connectivity index (χ3v) is 6.34. The number of para-hydroxylation sites is 1. The first-order valence-electron chi connectivity index (χ1n) is 11.2. The van der Waals surface area contributed by atoms with E-state index in [0.717, 1.165) is 16.8 Å². The lowest BCUT2D eigenvalue weighted by molar-refractivity contribution is 0.260. The van der Waals surface area contributed by atoms with Crippen LogP contribution in [0.4, 0.5) is 0 Å². The van der Waals surface area contributed by atoms with Gasteiger partial charge in [-0.05, 0) is 75.5 Å². The van der Waals surface area contributed by atoms with E-state index in [1.54, 1.807) is 56.8 Å². The molecule has 0 unspecified atom stereocenters. The molecule has 0 atom stereocenters. The van der Waals surface area contributed by atoms with Crippen molar-refractivity contribution >= 4 is 21.7 Å². The van der Waals surface area contributed by atoms with Gasteiger partial charge in [0.25, 0.3) is 5.56 Å². The van der Waals surface area contributed by atoms with Crippen molar-refractivity contribution in [2.75, 3.05) is 14.2 Å². The molecule has 0 amide bonds. The van der Waals surface area contributed by atoms with E-state index in [2.05, 4.69) is 4.98 Å². The van der Waals surface area contributed by atoms with Gasteiger partial charge in [0.05, 0.1) is 33.0 Å². The molecule has 3 aromatic carbocycles. The Kier molecular flexibility index (Phi) is 6.05. The third kappa shape index (κ3) is 3.73. The number of hydrogen-bond acceptors (Lipinski definition) is 7. The number of aliphatic hydroxyl groups is 2. The Morgan fingerprint density at radius 1 is 0.889 bits per heavy atom. The van der Waals surface area contributed by atoms with Gasteiger partial charge in [0, 0.05) is 17.6 Å². The highest BCUT2D eigenvalue weighted by atomic mass is 16.5. The molecule has 0 saturated carbocycles. The topological polar surface area (TPSA) is 114 Å². The van der Waals surface area contributed by atoms with Crippen LogP contribution in [-0.4, -0.2) is 39.1 Å². The molecule has 0 radical (unpaired) electrons. The van der Waals surface area contributed by atoms with Gasteiger partial charge in [-0.3, -0.25) is 9.36 Å². The van der Waals surface area contributed by atoms with Crippen LogP contribution in [0.25, 0.3) is 38.6 Å². The molecule has 0 bridgehead atoms. The maximum Gasteiger partial charge on any atom is 0.260 e. The molecule has 2 aromatic heterocycles. The van der Waals surface area contributed by atoms with Crippen LogP contribution in [0.1, 0.15) is 11.1 Å². The molecule has 0 aliphatic heterocycles. The Hall–Kier alpha value is -4.40. The van der Waals surface area contributed by atoms with Gasteiger partial charge < -0.3 is 24.8 Å². The summed E-state index contributed by atoms with van der Waals surface area (Å²) in [6, 6.07) is 17.2. The first-order chi connectivity index (χ1) is 17.5. The average Bonchev–Trinajstić information content (AvgIpc) is 2.91. The summed E-state index contributed by atoms with van der Waals surface area (Å²) in [6.07, 6.45) is 1.58. The number of benzene rings is 3. The summed E-state index contributed by atoms with van der Waals surface area (Å²) < 4.78 is 12.4. The van der Waals surface area contributed by atoms with Gasteiger partial charge in [0.15, 0.2) is 11.5 Å². The molecule has 5 rings (SSSR count). The number of pyridine rings is 2. The second kappa shape index (κ2) is 9.33. The molecular formula is C28H24N2O6. The zero-order valence-corrected chi connectivity index (χ0v) is 19.7. The molecule has 8 heteroatoms. The van der Waals surface area contributed by atoms with Crippen LogP contribution >= 0.6 is 0 Å². The lowest BCUT2D eigenvalue weighted by Gasteiger charge is -2.19. The summed E-state index contributed by atoms with van der Waals surface area (Å²) in [4.78, 5) is 17.4. The van der Waals surface area contributed by atoms with Crippen molar-refractivity contribution in [1.29, 1.82) is 0 Å². The summed E-state index contributed by atoms with van der Waals surface area (Å²) in [5, 5.41) is 32.7. The van der Waals surface area contributed by atoms with Gasteiger partial charge in [-0.15, -0.1) is 0 Å². The minimum absolute atomic E-state index is 0.103. The van der Waals surface area contributed by atoms with Gasteiger partial charge in [0.2, 0.25) is 0 Å². The van der Waals surface area contributed by atoms with Gasteiger partial charge in [-0.2, -0.15) is 0 Å². The van der Waals surface area contributed by atoms with Crippen molar-refractivity contribution < 1.29 is 24.8 Å². The predicted octanol–water partition coefficient (Wildman–Crippen LogP) is 3.91. The number of aliphatic hydroxyl groups excluding tert-OH is 2. The highest BCUT2D eigenvalue weighted by Crippen LogP contribution is 2.41. The standard InChI is InChI=1S/C28H24N2O6/c1-35-24-10-17-9-18(14-31)21(15-32)28(20(17)12-25(24)36-2)16-7-8-29-26(11-16)30-22-6-4-3-5-19(22)23(33)13-27(30)34/h3-13,31-33H,14-15H2,1-2H3. The van der Waals surface area contributed by atoms with Crippen LogP contribution in [0.2, 0.25) is 0 Å². The number of methoxy groups -OCH3 is 2. The minimum Gasteiger partial charge on any atom is -0.507 e. The van der Waals surface area contributed by atoms with Crippen molar-refractivity contribution in [3.63, 3.8) is 0 Å². The van der Waals surface area contributed by atoms with E-state index < -0.39 is 5.56 Å².